The minimum Gasteiger partial charge on any atom is -0.324 e. The Bertz CT molecular complexity index is 568. The van der Waals surface area contributed by atoms with Gasteiger partial charge in [-0.05, 0) is 18.2 Å². The monoisotopic (exact) mass is 362 g/mol. The number of hydrogen-bond acceptors (Lipinski definition) is 4. The highest BCUT2D eigenvalue weighted by Crippen LogP contribution is 2.24. The van der Waals surface area contributed by atoms with Crippen LogP contribution in [0.1, 0.15) is 6.42 Å². The Hall–Kier alpha value is -0.990. The molecule has 100 valence electrons. The zero-order valence-corrected chi connectivity index (χ0v) is 12.6. The molecular formula is C11H8BrFN2O2S2. The van der Waals surface area contributed by atoms with Gasteiger partial charge >= 0.3 is 0 Å². The molecule has 1 fully saturated rings. The van der Waals surface area contributed by atoms with E-state index in [-0.39, 0.29) is 18.0 Å². The number of thioether (sulfide) groups is 1. The zero-order valence-electron chi connectivity index (χ0n) is 9.41. The number of nitrogens with one attached hydrogen (secondary N) is 2. The van der Waals surface area contributed by atoms with Crippen LogP contribution < -0.4 is 10.6 Å². The average Bonchev–Trinajstić information content (AvgIpc) is 2.61. The second-order valence-corrected chi connectivity index (χ2v) is 6.55. The number of benzene rings is 1. The number of carbonyl (C=O) groups excluding carboxylic acids is 2. The van der Waals surface area contributed by atoms with Crippen molar-refractivity contribution in [3.8, 4) is 0 Å². The predicted molar refractivity (Wildman–Crippen MR) is 79.5 cm³/mol. The van der Waals surface area contributed by atoms with E-state index in [2.05, 4.69) is 26.6 Å². The summed E-state index contributed by atoms with van der Waals surface area (Å²) in [6, 6.07) is 4.32. The van der Waals surface area contributed by atoms with Gasteiger partial charge < -0.3 is 10.6 Å². The zero-order chi connectivity index (χ0) is 14.0. The first kappa shape index (κ1) is 14.4. The quantitative estimate of drug-likeness (QED) is 0.810. The van der Waals surface area contributed by atoms with Crippen LogP contribution in [0, 0.1) is 5.82 Å². The number of anilines is 1. The summed E-state index contributed by atoms with van der Waals surface area (Å²) in [5, 5.41) is 4.33. The molecule has 0 bridgehead atoms. The fourth-order valence-corrected chi connectivity index (χ4v) is 3.09. The number of halogens is 2. The van der Waals surface area contributed by atoms with Crippen molar-refractivity contribution in [2.75, 3.05) is 5.32 Å². The van der Waals surface area contributed by atoms with Gasteiger partial charge in [0.1, 0.15) is 10.1 Å². The van der Waals surface area contributed by atoms with Crippen LogP contribution in [0.2, 0.25) is 0 Å². The third-order valence-corrected chi connectivity index (χ3v) is 4.21. The number of thiocarbonyl (C=S) groups is 1. The van der Waals surface area contributed by atoms with E-state index in [0.717, 1.165) is 11.8 Å². The van der Waals surface area contributed by atoms with Gasteiger partial charge in [0, 0.05) is 10.9 Å². The van der Waals surface area contributed by atoms with Gasteiger partial charge in [0.05, 0.1) is 10.9 Å². The number of carbonyl (C=O) groups is 2. The maximum atomic E-state index is 13.5. The van der Waals surface area contributed by atoms with Gasteiger partial charge in [-0.25, -0.2) is 4.39 Å². The molecule has 1 unspecified atom stereocenters. The lowest BCUT2D eigenvalue weighted by Crippen LogP contribution is -2.27. The second-order valence-electron chi connectivity index (χ2n) is 3.76. The topological polar surface area (TPSA) is 58.2 Å². The van der Waals surface area contributed by atoms with Crippen LogP contribution in [-0.2, 0) is 9.59 Å². The van der Waals surface area contributed by atoms with Crippen LogP contribution in [0.3, 0.4) is 0 Å². The van der Waals surface area contributed by atoms with E-state index in [1.165, 1.54) is 12.1 Å². The van der Waals surface area contributed by atoms with Gasteiger partial charge in [-0.15, -0.1) is 0 Å². The minimum absolute atomic E-state index is 0.0495. The summed E-state index contributed by atoms with van der Waals surface area (Å²) in [5.74, 6) is -1.26. The van der Waals surface area contributed by atoms with Gasteiger partial charge in [0.2, 0.25) is 11.8 Å². The van der Waals surface area contributed by atoms with Crippen molar-refractivity contribution >= 4 is 61.7 Å². The highest BCUT2D eigenvalue weighted by atomic mass is 79.9. The van der Waals surface area contributed by atoms with Gasteiger partial charge in [-0.2, -0.15) is 0 Å². The molecule has 1 aliphatic heterocycles. The van der Waals surface area contributed by atoms with Crippen LogP contribution in [0.5, 0.6) is 0 Å². The molecule has 0 aliphatic carbocycles. The summed E-state index contributed by atoms with van der Waals surface area (Å²) in [4.78, 5) is 23.1. The second kappa shape index (κ2) is 5.98. The molecule has 0 spiro atoms. The molecular weight excluding hydrogens is 355 g/mol. The maximum Gasteiger partial charge on any atom is 0.239 e. The molecule has 4 nitrogen and oxygen atoms in total. The smallest absolute Gasteiger partial charge is 0.239 e. The fraction of sp³-hybridized carbons (Fsp3) is 0.182. The molecule has 0 radical (unpaired) electrons. The largest absolute Gasteiger partial charge is 0.324 e. The summed E-state index contributed by atoms with van der Waals surface area (Å²) in [5.41, 5.74) is 0.0826. The van der Waals surface area contributed by atoms with Crippen molar-refractivity contribution < 1.29 is 14.0 Å². The summed E-state index contributed by atoms with van der Waals surface area (Å²) < 4.78 is 14.5. The summed E-state index contributed by atoms with van der Waals surface area (Å²) >= 11 is 9.08. The average molecular weight is 363 g/mol. The standard InChI is InChI=1S/C11H8BrFN2O2S2/c12-5-1-2-7(6(13)3-5)14-9(16)4-8-10(17)15-11(18)19-8/h1-3,8H,4H2,(H,14,16)(H,15,17,18). The predicted octanol–water partition coefficient (Wildman–Crippen LogP) is 2.43. The lowest BCUT2D eigenvalue weighted by Gasteiger charge is -2.08. The van der Waals surface area contributed by atoms with Crippen LogP contribution in [0.25, 0.3) is 0 Å². The van der Waals surface area contributed by atoms with Gasteiger partial charge in [-0.1, -0.05) is 39.9 Å². The van der Waals surface area contributed by atoms with Gasteiger partial charge in [0.25, 0.3) is 0 Å². The van der Waals surface area contributed by atoms with Crippen LogP contribution in [-0.4, -0.2) is 21.4 Å². The molecule has 2 rings (SSSR count). The van der Waals surface area contributed by atoms with Gasteiger partial charge in [0.15, 0.2) is 0 Å². The third-order valence-electron chi connectivity index (χ3n) is 2.34. The van der Waals surface area contributed by atoms with Crippen molar-refractivity contribution in [2.24, 2.45) is 0 Å². The Kier molecular flexibility index (Phi) is 4.54. The van der Waals surface area contributed by atoms with Crippen molar-refractivity contribution in [1.29, 1.82) is 0 Å². The van der Waals surface area contributed by atoms with Crippen molar-refractivity contribution in [3.05, 3.63) is 28.5 Å². The number of amides is 2. The third kappa shape index (κ3) is 3.74. The number of rotatable bonds is 3. The molecule has 8 heteroatoms. The van der Waals surface area contributed by atoms with Crippen molar-refractivity contribution in [1.82, 2.24) is 5.32 Å². The molecule has 19 heavy (non-hydrogen) atoms. The molecule has 0 saturated carbocycles. The Morgan fingerprint density at radius 3 is 2.89 bits per heavy atom. The van der Waals surface area contributed by atoms with E-state index in [1.807, 2.05) is 0 Å². The summed E-state index contributed by atoms with van der Waals surface area (Å²) in [6.07, 6.45) is -0.0495. The SMILES string of the molecule is O=C(CC1SC(=S)NC1=O)Nc1ccc(Br)cc1F. The lowest BCUT2D eigenvalue weighted by molar-refractivity contribution is -0.122. The Morgan fingerprint density at radius 1 is 1.58 bits per heavy atom. The Morgan fingerprint density at radius 2 is 2.32 bits per heavy atom. The van der Waals surface area contributed by atoms with E-state index in [0.29, 0.717) is 8.79 Å². The van der Waals surface area contributed by atoms with Crippen LogP contribution in [0.15, 0.2) is 22.7 Å². The van der Waals surface area contributed by atoms with E-state index >= 15 is 0 Å². The minimum atomic E-state index is -0.550. The fourth-order valence-electron chi connectivity index (χ4n) is 1.49. The highest BCUT2D eigenvalue weighted by molar-refractivity contribution is 9.10. The molecule has 1 aromatic rings. The molecule has 2 N–H and O–H groups in total. The van der Waals surface area contributed by atoms with Crippen LogP contribution >= 0.6 is 39.9 Å². The first-order valence-electron chi connectivity index (χ1n) is 5.22. The molecule has 1 atom stereocenters. The summed E-state index contributed by atoms with van der Waals surface area (Å²) in [7, 11) is 0. The van der Waals surface area contributed by atoms with E-state index < -0.39 is 17.0 Å². The molecule has 1 saturated heterocycles. The molecule has 2 amide bonds. The Labute approximate surface area is 126 Å². The Balaban J connectivity index is 1.98. The van der Waals surface area contributed by atoms with E-state index in [1.54, 1.807) is 6.07 Å². The van der Waals surface area contributed by atoms with E-state index in [9.17, 15) is 14.0 Å². The molecule has 1 heterocycles. The van der Waals surface area contributed by atoms with E-state index in [4.69, 9.17) is 12.2 Å². The molecule has 1 aliphatic rings. The highest BCUT2D eigenvalue weighted by Gasteiger charge is 2.31. The van der Waals surface area contributed by atoms with Crippen molar-refractivity contribution in [2.45, 2.75) is 11.7 Å². The molecule has 1 aromatic carbocycles. The van der Waals surface area contributed by atoms with Gasteiger partial charge in [-0.3, -0.25) is 9.59 Å². The van der Waals surface area contributed by atoms with Crippen LogP contribution in [0.4, 0.5) is 10.1 Å². The normalized spacial score (nSPS) is 18.3. The lowest BCUT2D eigenvalue weighted by atomic mass is 10.2. The first-order chi connectivity index (χ1) is 8.95. The molecule has 0 aromatic heterocycles. The maximum absolute atomic E-state index is 13.5. The summed E-state index contributed by atoms with van der Waals surface area (Å²) in [6.45, 7) is 0. The number of hydrogen-bond donors (Lipinski definition) is 2. The first-order valence-corrected chi connectivity index (χ1v) is 7.30. The van der Waals surface area contributed by atoms with Crippen molar-refractivity contribution in [3.63, 3.8) is 0 Å².